The average molecular weight is 694 g/mol. The van der Waals surface area contributed by atoms with E-state index in [4.69, 9.17) is 21.1 Å². The van der Waals surface area contributed by atoms with Crippen LogP contribution in [0.1, 0.15) is 34.6 Å². The molecule has 252 valence electrons. The van der Waals surface area contributed by atoms with Gasteiger partial charge in [0.1, 0.15) is 6.04 Å². The van der Waals surface area contributed by atoms with E-state index in [0.717, 1.165) is 69.9 Å². The number of rotatable bonds is 13. The second-order valence-corrected chi connectivity index (χ2v) is 13.7. The van der Waals surface area contributed by atoms with Crippen LogP contribution in [0.25, 0.3) is 10.9 Å². The molecule has 1 fully saturated rings. The molecule has 1 aromatic heterocycles. The third kappa shape index (κ3) is 9.08. The van der Waals surface area contributed by atoms with Crippen molar-refractivity contribution in [2.45, 2.75) is 48.3 Å². The van der Waals surface area contributed by atoms with Crippen LogP contribution in [0, 0.1) is 0 Å². The highest BCUT2D eigenvalue weighted by atomic mass is 35.5. The summed E-state index contributed by atoms with van der Waals surface area (Å²) in [5, 5.41) is 8.11. The molecular weight excluding hydrogens is 654 g/mol. The highest BCUT2D eigenvalue weighted by molar-refractivity contribution is 7.99. The number of nitrogens with one attached hydrogen (secondary N) is 2. The molecule has 0 saturated carbocycles. The Balaban J connectivity index is 1.20. The van der Waals surface area contributed by atoms with Crippen molar-refractivity contribution in [2.24, 2.45) is 0 Å². The number of benzene rings is 4. The van der Waals surface area contributed by atoms with E-state index in [-0.39, 0.29) is 24.4 Å². The third-order valence-electron chi connectivity index (χ3n) is 8.91. The first-order chi connectivity index (χ1) is 24.0. The number of amides is 1. The maximum Gasteiger partial charge on any atom is 0.407 e. The van der Waals surface area contributed by atoms with Gasteiger partial charge in [0.2, 0.25) is 0 Å². The van der Waals surface area contributed by atoms with Gasteiger partial charge in [-0.25, -0.2) is 4.79 Å². The molecule has 5 aromatic rings. The molecular formula is C40H40ClN3O4S. The Labute approximate surface area is 296 Å². The van der Waals surface area contributed by atoms with Gasteiger partial charge in [0.05, 0.1) is 24.8 Å². The molecule has 7 nitrogen and oxygen atoms in total. The number of thioether (sulfide) groups is 1. The number of para-hydroxylation sites is 1. The van der Waals surface area contributed by atoms with Gasteiger partial charge in [-0.15, -0.1) is 11.8 Å². The fourth-order valence-electron chi connectivity index (χ4n) is 6.49. The van der Waals surface area contributed by atoms with E-state index in [1.165, 1.54) is 12.0 Å². The monoisotopic (exact) mass is 693 g/mol. The lowest BCUT2D eigenvalue weighted by molar-refractivity contribution is -0.120. The number of ether oxygens (including phenoxy) is 2. The normalized spacial score (nSPS) is 17.3. The van der Waals surface area contributed by atoms with Gasteiger partial charge < -0.3 is 20.1 Å². The van der Waals surface area contributed by atoms with Gasteiger partial charge >= 0.3 is 6.09 Å². The quantitative estimate of drug-likeness (QED) is 0.123. The average Bonchev–Trinajstić information content (AvgIpc) is 3.14. The summed E-state index contributed by atoms with van der Waals surface area (Å²) >= 11 is 7.81. The molecule has 0 radical (unpaired) electrons. The van der Waals surface area contributed by atoms with Crippen molar-refractivity contribution in [3.63, 3.8) is 0 Å². The van der Waals surface area contributed by atoms with Gasteiger partial charge in [0, 0.05) is 52.7 Å². The Bertz CT molecular complexity index is 1850. The fourth-order valence-corrected chi connectivity index (χ4v) is 7.52. The van der Waals surface area contributed by atoms with Crippen LogP contribution in [0.3, 0.4) is 0 Å². The van der Waals surface area contributed by atoms with E-state index < -0.39 is 18.1 Å². The molecule has 4 aromatic carbocycles. The minimum Gasteiger partial charge on any atom is -0.453 e. The van der Waals surface area contributed by atoms with Crippen LogP contribution in [-0.4, -0.2) is 61.1 Å². The molecule has 1 aliphatic heterocycles. The Morgan fingerprint density at radius 1 is 0.918 bits per heavy atom. The number of carbonyl (C=O) groups is 2. The summed E-state index contributed by atoms with van der Waals surface area (Å²) in [7, 11) is 1.31. The number of morpholine rings is 1. The van der Waals surface area contributed by atoms with Crippen molar-refractivity contribution in [1.29, 1.82) is 0 Å². The lowest BCUT2D eigenvalue weighted by Gasteiger charge is -2.31. The van der Waals surface area contributed by atoms with Crippen LogP contribution in [0.4, 0.5) is 4.79 Å². The van der Waals surface area contributed by atoms with Crippen LogP contribution in [0.15, 0.2) is 120 Å². The first-order valence-electron chi connectivity index (χ1n) is 16.6. The first-order valence-corrected chi connectivity index (χ1v) is 17.9. The van der Waals surface area contributed by atoms with Crippen molar-refractivity contribution in [1.82, 2.24) is 15.6 Å². The molecule has 9 heteroatoms. The number of aryl methyl sites for hydroxylation is 1. The fraction of sp³-hybridized carbons (Fsp3) is 0.275. The Hall–Kier alpha value is -4.21. The number of Topliss-reactive ketones (excluding diaryl/α,β-unsaturated/α-hetero) is 1. The zero-order valence-corrected chi connectivity index (χ0v) is 29.0. The van der Waals surface area contributed by atoms with Gasteiger partial charge in [-0.3, -0.25) is 9.78 Å². The van der Waals surface area contributed by atoms with Crippen molar-refractivity contribution in [3.05, 3.63) is 143 Å². The molecule has 2 N–H and O–H groups in total. The smallest absolute Gasteiger partial charge is 0.407 e. The van der Waals surface area contributed by atoms with Gasteiger partial charge in [-0.05, 0) is 71.5 Å². The molecule has 49 heavy (non-hydrogen) atoms. The zero-order valence-electron chi connectivity index (χ0n) is 27.4. The van der Waals surface area contributed by atoms with E-state index in [0.29, 0.717) is 0 Å². The van der Waals surface area contributed by atoms with Crippen LogP contribution < -0.4 is 10.6 Å². The molecule has 1 aliphatic rings. The Morgan fingerprint density at radius 3 is 2.43 bits per heavy atom. The maximum absolute atomic E-state index is 14.5. The number of fused-ring (bicyclic) bond motifs is 1. The predicted molar refractivity (Wildman–Crippen MR) is 197 cm³/mol. The van der Waals surface area contributed by atoms with Crippen molar-refractivity contribution >= 4 is 46.1 Å². The molecule has 0 aliphatic carbocycles. The van der Waals surface area contributed by atoms with Gasteiger partial charge in [-0.1, -0.05) is 84.4 Å². The van der Waals surface area contributed by atoms with Crippen LogP contribution >= 0.6 is 23.4 Å². The lowest BCUT2D eigenvalue weighted by atomic mass is 9.80. The molecule has 0 bridgehead atoms. The summed E-state index contributed by atoms with van der Waals surface area (Å²) in [6.45, 7) is 1.60. The molecule has 4 atom stereocenters. The number of pyridine rings is 1. The topological polar surface area (TPSA) is 89.5 Å². The number of halogens is 1. The maximum atomic E-state index is 14.5. The van der Waals surface area contributed by atoms with Crippen molar-refractivity contribution < 1.29 is 19.1 Å². The number of nitrogens with zero attached hydrogens (tertiary/aromatic N) is 1. The summed E-state index contributed by atoms with van der Waals surface area (Å²) in [5.41, 5.74) is 4.67. The van der Waals surface area contributed by atoms with E-state index in [1.54, 1.807) is 18.0 Å². The lowest BCUT2D eigenvalue weighted by Crippen LogP contribution is -2.46. The van der Waals surface area contributed by atoms with Crippen LogP contribution in [-0.2, 0) is 27.1 Å². The second kappa shape index (κ2) is 16.9. The highest BCUT2D eigenvalue weighted by Gasteiger charge is 2.34. The minimum absolute atomic E-state index is 0.0597. The highest BCUT2D eigenvalue weighted by Crippen LogP contribution is 2.34. The first kappa shape index (κ1) is 34.6. The van der Waals surface area contributed by atoms with Gasteiger partial charge in [-0.2, -0.15) is 0 Å². The minimum atomic E-state index is -0.890. The van der Waals surface area contributed by atoms with E-state index in [9.17, 15) is 9.59 Å². The molecule has 2 heterocycles. The van der Waals surface area contributed by atoms with Gasteiger partial charge in [0.25, 0.3) is 0 Å². The Kier molecular flexibility index (Phi) is 12.0. The number of hydrogen-bond acceptors (Lipinski definition) is 7. The molecule has 0 unspecified atom stereocenters. The predicted octanol–water partition coefficient (Wildman–Crippen LogP) is 7.64. The van der Waals surface area contributed by atoms with Crippen molar-refractivity contribution in [3.8, 4) is 0 Å². The summed E-state index contributed by atoms with van der Waals surface area (Å²) < 4.78 is 11.5. The van der Waals surface area contributed by atoms with Crippen molar-refractivity contribution in [2.75, 3.05) is 26.0 Å². The number of alkyl carbamates (subject to hydrolysis) is 1. The summed E-state index contributed by atoms with van der Waals surface area (Å²) in [4.78, 5) is 33.0. The Morgan fingerprint density at radius 2 is 1.63 bits per heavy atom. The molecule has 1 saturated heterocycles. The number of methoxy groups -OCH3 is 1. The largest absolute Gasteiger partial charge is 0.453 e. The number of hydrogen-bond donors (Lipinski definition) is 2. The van der Waals surface area contributed by atoms with E-state index in [2.05, 4.69) is 21.7 Å². The van der Waals surface area contributed by atoms with Crippen LogP contribution in [0.5, 0.6) is 0 Å². The summed E-state index contributed by atoms with van der Waals surface area (Å²) in [5.74, 6) is 0.264. The number of carbonyl (C=O) groups excluding carboxylic acids is 2. The third-order valence-corrected chi connectivity index (χ3v) is 10.3. The SMILES string of the molecule is COC(=O)N[C@H](C(=O)Cc1ccccc1CC[C@@H]1CNC[C@@H](CSc2ccc(Cl)cc2)O1)[C@@H](c1ccccc1)c1ccnc2ccccc12. The second-order valence-electron chi connectivity index (χ2n) is 12.2. The standard InChI is InChI=1S/C40H40ClN3O4S/c1-47-40(46)44-39(38(28-10-3-2-4-11-28)35-21-22-43-36-14-8-7-13-34(35)36)37(45)23-29-12-6-5-9-27(29)15-18-31-24-42-25-32(48-31)26-49-33-19-16-30(41)17-20-33/h2-14,16-17,19-22,31-32,38-39,42H,15,18,23-26H2,1H3,(H,44,46)/t31-,32+,38+,39-/m1/s1. The van der Waals surface area contributed by atoms with E-state index >= 15 is 0 Å². The number of ketones is 1. The summed E-state index contributed by atoms with van der Waals surface area (Å²) in [6, 6.07) is 34.7. The van der Waals surface area contributed by atoms with E-state index in [1.807, 2.05) is 103 Å². The van der Waals surface area contributed by atoms with Crippen LogP contribution in [0.2, 0.25) is 5.02 Å². The van der Waals surface area contributed by atoms with Gasteiger partial charge in [0.15, 0.2) is 5.78 Å². The summed E-state index contributed by atoms with van der Waals surface area (Å²) in [6.07, 6.45) is 2.99. The molecule has 0 spiro atoms. The molecule has 1 amide bonds. The number of aromatic nitrogens is 1. The zero-order chi connectivity index (χ0) is 34.0. The molecule has 6 rings (SSSR count).